The third-order valence-electron chi connectivity index (χ3n) is 10.7. The first kappa shape index (κ1) is 49.9. The van der Waals surface area contributed by atoms with E-state index in [-0.39, 0.29) is 24.9 Å². The summed E-state index contributed by atoms with van der Waals surface area (Å²) >= 11 is 0. The molecule has 0 aromatic heterocycles. The van der Waals surface area contributed by atoms with Gasteiger partial charge in [0.2, 0.25) is 5.91 Å². The van der Waals surface area contributed by atoms with Crippen LogP contribution in [0.4, 0.5) is 0 Å². The van der Waals surface area contributed by atoms with Crippen molar-refractivity contribution in [3.05, 3.63) is 0 Å². The van der Waals surface area contributed by atoms with Crippen molar-refractivity contribution in [3.63, 3.8) is 0 Å². The Hall–Kier alpha value is -1.14. The zero-order valence-electron chi connectivity index (χ0n) is 34.5. The van der Waals surface area contributed by atoms with Crippen molar-refractivity contribution in [1.29, 1.82) is 0 Å². The van der Waals surface area contributed by atoms with Crippen LogP contribution in [0.3, 0.4) is 0 Å². The van der Waals surface area contributed by atoms with Gasteiger partial charge < -0.3 is 20.3 Å². The molecule has 304 valence electrons. The van der Waals surface area contributed by atoms with Gasteiger partial charge >= 0.3 is 5.97 Å². The summed E-state index contributed by atoms with van der Waals surface area (Å²) in [7, 11) is 0. The zero-order valence-corrected chi connectivity index (χ0v) is 34.5. The second kappa shape index (κ2) is 40.1. The number of ether oxygens (including phenoxy) is 1. The Labute approximate surface area is 317 Å². The Morgan fingerprint density at radius 3 is 1.20 bits per heavy atom. The Bertz CT molecular complexity index is 731. The van der Waals surface area contributed by atoms with Crippen LogP contribution in [0.1, 0.15) is 252 Å². The van der Waals surface area contributed by atoms with Gasteiger partial charge in [-0.3, -0.25) is 9.59 Å². The van der Waals surface area contributed by atoms with Crippen LogP contribution in [0.15, 0.2) is 0 Å². The maximum atomic E-state index is 13.1. The predicted molar refractivity (Wildman–Crippen MR) is 218 cm³/mol. The molecule has 0 aliphatic rings. The van der Waals surface area contributed by atoms with Crippen molar-refractivity contribution in [1.82, 2.24) is 5.32 Å². The smallest absolute Gasteiger partial charge is 0.306 e. The van der Waals surface area contributed by atoms with Crippen LogP contribution < -0.4 is 5.32 Å². The van der Waals surface area contributed by atoms with E-state index in [0.717, 1.165) is 44.9 Å². The number of nitrogens with one attached hydrogen (secondary N) is 1. The molecule has 0 saturated heterocycles. The molecule has 0 aromatic carbocycles. The molecule has 6 heteroatoms. The summed E-state index contributed by atoms with van der Waals surface area (Å²) in [4.78, 5) is 25.9. The third-order valence-corrected chi connectivity index (χ3v) is 10.7. The van der Waals surface area contributed by atoms with Crippen molar-refractivity contribution in [3.8, 4) is 0 Å². The van der Waals surface area contributed by atoms with Crippen molar-refractivity contribution < 1.29 is 24.5 Å². The van der Waals surface area contributed by atoms with E-state index >= 15 is 0 Å². The van der Waals surface area contributed by atoms with Gasteiger partial charge in [0.25, 0.3) is 0 Å². The van der Waals surface area contributed by atoms with Gasteiger partial charge in [0.05, 0.1) is 25.2 Å². The van der Waals surface area contributed by atoms with E-state index < -0.39 is 18.2 Å². The molecule has 51 heavy (non-hydrogen) atoms. The van der Waals surface area contributed by atoms with Gasteiger partial charge in [-0.2, -0.15) is 0 Å². The number of esters is 1. The van der Waals surface area contributed by atoms with E-state index in [4.69, 9.17) is 4.74 Å². The lowest BCUT2D eigenvalue weighted by Gasteiger charge is -2.24. The van der Waals surface area contributed by atoms with E-state index in [1.165, 1.54) is 161 Å². The van der Waals surface area contributed by atoms with Crippen LogP contribution in [-0.2, 0) is 14.3 Å². The lowest BCUT2D eigenvalue weighted by atomic mass is 10.0. The highest BCUT2D eigenvalue weighted by molar-refractivity contribution is 5.77. The van der Waals surface area contributed by atoms with Crippen LogP contribution in [0, 0.1) is 0 Å². The predicted octanol–water partition coefficient (Wildman–Crippen LogP) is 12.8. The third kappa shape index (κ3) is 35.6. The number of rotatable bonds is 41. The first-order valence-electron chi connectivity index (χ1n) is 22.8. The highest BCUT2D eigenvalue weighted by Gasteiger charge is 2.24. The molecule has 0 heterocycles. The quantitative estimate of drug-likeness (QED) is 0.0431. The van der Waals surface area contributed by atoms with Gasteiger partial charge in [0.15, 0.2) is 0 Å². The fraction of sp³-hybridized carbons (Fsp3) is 0.956. The average molecular weight is 724 g/mol. The molecule has 3 unspecified atom stereocenters. The molecule has 0 aliphatic carbocycles. The lowest BCUT2D eigenvalue weighted by Crippen LogP contribution is -2.46. The minimum Gasteiger partial charge on any atom is -0.462 e. The zero-order chi connectivity index (χ0) is 37.5. The van der Waals surface area contributed by atoms with Crippen molar-refractivity contribution in [2.45, 2.75) is 270 Å². The summed E-state index contributed by atoms with van der Waals surface area (Å²) in [6, 6.07) is -0.689. The van der Waals surface area contributed by atoms with Crippen molar-refractivity contribution in [2.24, 2.45) is 0 Å². The van der Waals surface area contributed by atoms with E-state index in [0.29, 0.717) is 19.3 Å². The molecule has 3 N–H and O–H groups in total. The summed E-state index contributed by atoms with van der Waals surface area (Å²) in [5.41, 5.74) is 0. The highest BCUT2D eigenvalue weighted by Crippen LogP contribution is 2.18. The number of carbonyl (C=O) groups excluding carboxylic acids is 2. The Kier molecular flexibility index (Phi) is 39.2. The molecular formula is C45H89NO5. The number of hydrogen-bond donors (Lipinski definition) is 3. The number of unbranched alkanes of at least 4 members (excludes halogenated alkanes) is 29. The standard InChI is InChI=1S/C45H89NO5/c1-4-7-10-13-16-19-21-23-26-29-32-35-38-45(50)51-41(36-33-30-27-24-18-15-12-9-6-3)39-44(49)46-42(40-47)43(48)37-34-31-28-25-22-20-17-14-11-8-5-2/h41-43,47-48H,4-40H2,1-3H3,(H,46,49). The maximum Gasteiger partial charge on any atom is 0.306 e. The normalized spacial score (nSPS) is 13.3. The summed E-state index contributed by atoms with van der Waals surface area (Å²) in [6.45, 7) is 6.46. The second-order valence-electron chi connectivity index (χ2n) is 15.8. The van der Waals surface area contributed by atoms with E-state index in [1.807, 2.05) is 0 Å². The number of hydrogen-bond acceptors (Lipinski definition) is 5. The molecule has 0 rings (SSSR count). The highest BCUT2D eigenvalue weighted by atomic mass is 16.5. The minimum atomic E-state index is -0.776. The maximum absolute atomic E-state index is 13.1. The largest absolute Gasteiger partial charge is 0.462 e. The van der Waals surface area contributed by atoms with Crippen molar-refractivity contribution >= 4 is 11.9 Å². The van der Waals surface area contributed by atoms with E-state index in [2.05, 4.69) is 26.1 Å². The summed E-state index contributed by atoms with van der Waals surface area (Å²) in [5, 5.41) is 23.6. The molecule has 0 fully saturated rings. The first-order valence-corrected chi connectivity index (χ1v) is 22.8. The molecular weight excluding hydrogens is 634 g/mol. The van der Waals surface area contributed by atoms with Gasteiger partial charge in [0, 0.05) is 6.42 Å². The fourth-order valence-corrected chi connectivity index (χ4v) is 7.20. The van der Waals surface area contributed by atoms with E-state index in [1.54, 1.807) is 0 Å². The fourth-order valence-electron chi connectivity index (χ4n) is 7.20. The topological polar surface area (TPSA) is 95.9 Å². The molecule has 6 nitrogen and oxygen atoms in total. The van der Waals surface area contributed by atoms with Gasteiger partial charge in [-0.15, -0.1) is 0 Å². The molecule has 1 amide bonds. The Morgan fingerprint density at radius 1 is 0.490 bits per heavy atom. The Morgan fingerprint density at radius 2 is 0.824 bits per heavy atom. The van der Waals surface area contributed by atoms with Crippen LogP contribution in [0.5, 0.6) is 0 Å². The van der Waals surface area contributed by atoms with Crippen LogP contribution >= 0.6 is 0 Å². The summed E-state index contributed by atoms with van der Waals surface area (Å²) in [5.74, 6) is -0.461. The summed E-state index contributed by atoms with van der Waals surface area (Å²) in [6.07, 6.45) is 40.2. The minimum absolute atomic E-state index is 0.0862. The van der Waals surface area contributed by atoms with Gasteiger partial charge in [-0.05, 0) is 25.7 Å². The molecule has 0 radical (unpaired) electrons. The van der Waals surface area contributed by atoms with Crippen LogP contribution in [0.2, 0.25) is 0 Å². The molecule has 3 atom stereocenters. The first-order chi connectivity index (χ1) is 25.0. The Balaban J connectivity index is 4.50. The van der Waals surface area contributed by atoms with E-state index in [9.17, 15) is 19.8 Å². The second-order valence-corrected chi connectivity index (χ2v) is 15.8. The number of amides is 1. The van der Waals surface area contributed by atoms with Gasteiger partial charge in [0.1, 0.15) is 6.10 Å². The monoisotopic (exact) mass is 724 g/mol. The molecule has 0 aliphatic heterocycles. The number of aliphatic hydroxyl groups is 2. The SMILES string of the molecule is CCCCCCCCCCCCCCC(=O)OC(CCCCCCCCCCC)CC(=O)NC(CO)C(O)CCCCCCCCCCCCC. The molecule has 0 aromatic rings. The van der Waals surface area contributed by atoms with Gasteiger partial charge in [-0.25, -0.2) is 0 Å². The van der Waals surface area contributed by atoms with Gasteiger partial charge in [-0.1, -0.05) is 213 Å². The molecule has 0 spiro atoms. The average Bonchev–Trinajstić information content (AvgIpc) is 3.12. The van der Waals surface area contributed by atoms with Crippen LogP contribution in [0.25, 0.3) is 0 Å². The molecule has 0 saturated carbocycles. The summed E-state index contributed by atoms with van der Waals surface area (Å²) < 4.78 is 5.89. The number of aliphatic hydroxyl groups excluding tert-OH is 2. The lowest BCUT2D eigenvalue weighted by molar-refractivity contribution is -0.151. The molecule has 0 bridgehead atoms. The van der Waals surface area contributed by atoms with Crippen molar-refractivity contribution in [2.75, 3.05) is 6.61 Å². The number of carbonyl (C=O) groups is 2. The van der Waals surface area contributed by atoms with Crippen LogP contribution in [-0.4, -0.2) is 46.9 Å².